The molecule has 3 heteroatoms. The zero-order valence-electron chi connectivity index (χ0n) is 10.6. The highest BCUT2D eigenvalue weighted by Crippen LogP contribution is 2.27. The second-order valence-corrected chi connectivity index (χ2v) is 4.72. The van der Waals surface area contributed by atoms with Crippen LogP contribution in [0.1, 0.15) is 30.4 Å². The van der Waals surface area contributed by atoms with Gasteiger partial charge in [0.2, 0.25) is 0 Å². The molecule has 1 aromatic rings. The van der Waals surface area contributed by atoms with E-state index in [2.05, 4.69) is 5.32 Å². The molecule has 1 aliphatic rings. The Kier molecular flexibility index (Phi) is 4.00. The molecule has 94 valence electrons. The highest BCUT2D eigenvalue weighted by molar-refractivity contribution is 5.42. The van der Waals surface area contributed by atoms with Gasteiger partial charge < -0.3 is 10.1 Å². The molecule has 2 nitrogen and oxygen atoms in total. The van der Waals surface area contributed by atoms with Gasteiger partial charge in [0.25, 0.3) is 0 Å². The van der Waals surface area contributed by atoms with E-state index in [0.29, 0.717) is 17.4 Å². The number of hydrogen-bond acceptors (Lipinski definition) is 2. The largest absolute Gasteiger partial charge is 0.496 e. The molecule has 0 aromatic heterocycles. The molecule has 1 aromatic carbocycles. The molecular weight excluding hydrogens is 217 g/mol. The molecule has 0 saturated carbocycles. The van der Waals surface area contributed by atoms with Crippen molar-refractivity contribution in [2.24, 2.45) is 0 Å². The molecule has 0 amide bonds. The fourth-order valence-electron chi connectivity index (χ4n) is 2.53. The van der Waals surface area contributed by atoms with Crippen molar-refractivity contribution in [1.29, 1.82) is 0 Å². The van der Waals surface area contributed by atoms with Gasteiger partial charge in [-0.2, -0.15) is 0 Å². The Morgan fingerprint density at radius 1 is 1.41 bits per heavy atom. The zero-order valence-corrected chi connectivity index (χ0v) is 10.6. The van der Waals surface area contributed by atoms with E-state index in [1.807, 2.05) is 6.07 Å². The van der Waals surface area contributed by atoms with Gasteiger partial charge in [0.15, 0.2) is 0 Å². The molecule has 1 fully saturated rings. The van der Waals surface area contributed by atoms with Crippen LogP contribution in [0.15, 0.2) is 12.1 Å². The third-order valence-electron chi connectivity index (χ3n) is 3.50. The standard InChI is InChI=1S/C14H20FNO/c1-10-13(15)7-6-11(14(10)17-2)9-12-5-3-4-8-16-12/h6-7,12,16H,3-5,8-9H2,1-2H3. The topological polar surface area (TPSA) is 21.3 Å². The molecule has 0 spiro atoms. The number of ether oxygens (including phenoxy) is 1. The average molecular weight is 237 g/mol. The van der Waals surface area contributed by atoms with Gasteiger partial charge in [-0.3, -0.25) is 0 Å². The van der Waals surface area contributed by atoms with E-state index < -0.39 is 0 Å². The molecule has 1 N–H and O–H groups in total. The third kappa shape index (κ3) is 2.78. The Morgan fingerprint density at radius 3 is 2.88 bits per heavy atom. The van der Waals surface area contributed by atoms with Crippen LogP contribution >= 0.6 is 0 Å². The van der Waals surface area contributed by atoms with Crippen molar-refractivity contribution in [3.05, 3.63) is 29.1 Å². The Labute approximate surface area is 102 Å². The minimum Gasteiger partial charge on any atom is -0.496 e. The first-order chi connectivity index (χ1) is 8.22. The summed E-state index contributed by atoms with van der Waals surface area (Å²) in [7, 11) is 1.61. The predicted molar refractivity (Wildman–Crippen MR) is 67.0 cm³/mol. The van der Waals surface area contributed by atoms with E-state index >= 15 is 0 Å². The Morgan fingerprint density at radius 2 is 2.24 bits per heavy atom. The normalized spacial score (nSPS) is 20.3. The van der Waals surface area contributed by atoms with Crippen molar-refractivity contribution in [2.75, 3.05) is 13.7 Å². The van der Waals surface area contributed by atoms with E-state index in [4.69, 9.17) is 4.74 Å². The van der Waals surface area contributed by atoms with Gasteiger partial charge in [0.05, 0.1) is 7.11 Å². The molecule has 1 heterocycles. The first-order valence-corrected chi connectivity index (χ1v) is 6.27. The molecule has 17 heavy (non-hydrogen) atoms. The van der Waals surface area contributed by atoms with Gasteiger partial charge in [-0.25, -0.2) is 4.39 Å². The summed E-state index contributed by atoms with van der Waals surface area (Å²) in [5.41, 5.74) is 1.71. The zero-order chi connectivity index (χ0) is 12.3. The van der Waals surface area contributed by atoms with Gasteiger partial charge in [-0.15, -0.1) is 0 Å². The molecule has 1 saturated heterocycles. The van der Waals surface area contributed by atoms with E-state index in [1.165, 1.54) is 25.3 Å². The van der Waals surface area contributed by atoms with Gasteiger partial charge >= 0.3 is 0 Å². The molecule has 1 atom stereocenters. The lowest BCUT2D eigenvalue weighted by molar-refractivity contribution is 0.378. The van der Waals surface area contributed by atoms with E-state index in [1.54, 1.807) is 14.0 Å². The molecule has 1 aliphatic heterocycles. The third-order valence-corrected chi connectivity index (χ3v) is 3.50. The minimum absolute atomic E-state index is 0.192. The summed E-state index contributed by atoms with van der Waals surface area (Å²) in [6, 6.07) is 3.88. The number of halogens is 1. The Hall–Kier alpha value is -1.09. The van der Waals surface area contributed by atoms with Crippen LogP contribution in [0.25, 0.3) is 0 Å². The number of nitrogens with one attached hydrogen (secondary N) is 1. The van der Waals surface area contributed by atoms with Crippen LogP contribution in [-0.4, -0.2) is 19.7 Å². The highest BCUT2D eigenvalue weighted by Gasteiger charge is 2.17. The fraction of sp³-hybridized carbons (Fsp3) is 0.571. The SMILES string of the molecule is COc1c(CC2CCCCN2)ccc(F)c1C. The number of rotatable bonds is 3. The molecule has 0 bridgehead atoms. The summed E-state index contributed by atoms with van der Waals surface area (Å²) < 4.78 is 18.8. The van der Waals surface area contributed by atoms with Crippen LogP contribution in [-0.2, 0) is 6.42 Å². The molecule has 0 radical (unpaired) electrons. The van der Waals surface area contributed by atoms with Crippen molar-refractivity contribution >= 4 is 0 Å². The van der Waals surface area contributed by atoms with Crippen LogP contribution < -0.4 is 10.1 Å². The van der Waals surface area contributed by atoms with Gasteiger partial charge in [-0.1, -0.05) is 12.5 Å². The maximum atomic E-state index is 13.4. The number of methoxy groups -OCH3 is 1. The van der Waals surface area contributed by atoms with Crippen LogP contribution in [0, 0.1) is 12.7 Å². The average Bonchev–Trinajstić information content (AvgIpc) is 2.36. The van der Waals surface area contributed by atoms with Crippen LogP contribution in [0.2, 0.25) is 0 Å². The summed E-state index contributed by atoms with van der Waals surface area (Å²) in [4.78, 5) is 0. The quantitative estimate of drug-likeness (QED) is 0.872. The van der Waals surface area contributed by atoms with Gasteiger partial charge in [-0.05, 0) is 44.4 Å². The number of piperidine rings is 1. The van der Waals surface area contributed by atoms with Crippen molar-refractivity contribution in [2.45, 2.75) is 38.6 Å². The fourth-order valence-corrected chi connectivity index (χ4v) is 2.53. The number of benzene rings is 1. The maximum Gasteiger partial charge on any atom is 0.129 e. The summed E-state index contributed by atoms with van der Waals surface area (Å²) >= 11 is 0. The summed E-state index contributed by atoms with van der Waals surface area (Å²) in [6.45, 7) is 2.86. The van der Waals surface area contributed by atoms with E-state index in [9.17, 15) is 4.39 Å². The Bertz CT molecular complexity index is 386. The van der Waals surface area contributed by atoms with Gasteiger partial charge in [0.1, 0.15) is 11.6 Å². The second-order valence-electron chi connectivity index (χ2n) is 4.72. The number of hydrogen-bond donors (Lipinski definition) is 1. The molecule has 0 aliphatic carbocycles. The van der Waals surface area contributed by atoms with E-state index in [0.717, 1.165) is 18.5 Å². The first-order valence-electron chi connectivity index (χ1n) is 6.27. The summed E-state index contributed by atoms with van der Waals surface area (Å²) in [6.07, 6.45) is 4.65. The van der Waals surface area contributed by atoms with Gasteiger partial charge in [0, 0.05) is 11.6 Å². The lowest BCUT2D eigenvalue weighted by atomic mass is 9.96. The molecule has 1 unspecified atom stereocenters. The van der Waals surface area contributed by atoms with E-state index in [-0.39, 0.29) is 5.82 Å². The van der Waals surface area contributed by atoms with Crippen LogP contribution in [0.3, 0.4) is 0 Å². The Balaban J connectivity index is 2.17. The van der Waals surface area contributed by atoms with Crippen molar-refractivity contribution in [3.8, 4) is 5.75 Å². The first kappa shape index (κ1) is 12.4. The monoisotopic (exact) mass is 237 g/mol. The van der Waals surface area contributed by atoms with Crippen molar-refractivity contribution in [3.63, 3.8) is 0 Å². The van der Waals surface area contributed by atoms with Crippen molar-refractivity contribution in [1.82, 2.24) is 5.32 Å². The summed E-state index contributed by atoms with van der Waals surface area (Å²) in [5.74, 6) is 0.513. The summed E-state index contributed by atoms with van der Waals surface area (Å²) in [5, 5.41) is 3.50. The molecule has 2 rings (SSSR count). The lowest BCUT2D eigenvalue weighted by Crippen LogP contribution is -2.35. The predicted octanol–water partition coefficient (Wildman–Crippen LogP) is 2.83. The van der Waals surface area contributed by atoms with Crippen molar-refractivity contribution < 1.29 is 9.13 Å². The lowest BCUT2D eigenvalue weighted by Gasteiger charge is -2.24. The minimum atomic E-state index is -0.192. The highest BCUT2D eigenvalue weighted by atomic mass is 19.1. The second kappa shape index (κ2) is 5.50. The molecular formula is C14H20FNO. The van der Waals surface area contributed by atoms with Crippen LogP contribution in [0.4, 0.5) is 4.39 Å². The van der Waals surface area contributed by atoms with Crippen LogP contribution in [0.5, 0.6) is 5.75 Å². The maximum absolute atomic E-state index is 13.4. The smallest absolute Gasteiger partial charge is 0.129 e.